The molecule has 0 fully saturated rings. The Kier molecular flexibility index (Phi) is 7.11. The van der Waals surface area contributed by atoms with Crippen LogP contribution in [0.3, 0.4) is 0 Å². The Hall–Kier alpha value is -2.31. The first-order valence-corrected chi connectivity index (χ1v) is 16.7. The van der Waals surface area contributed by atoms with Crippen molar-refractivity contribution < 1.29 is 44.6 Å². The maximum atomic E-state index is 5.30. The molecule has 34 heavy (non-hydrogen) atoms. The van der Waals surface area contributed by atoms with Gasteiger partial charge < -0.3 is 24.8 Å². The third kappa shape index (κ3) is 3.49. The van der Waals surface area contributed by atoms with E-state index in [-0.39, 0.29) is 27.9 Å². The topological polar surface area (TPSA) is 0 Å². The molecule has 1 unspecified atom stereocenters. The summed E-state index contributed by atoms with van der Waals surface area (Å²) in [5.41, 5.74) is 6.96. The van der Waals surface area contributed by atoms with Gasteiger partial charge in [-0.05, 0) is 0 Å². The Labute approximate surface area is 218 Å². The fourth-order valence-electron chi connectivity index (χ4n) is 5.86. The molecule has 3 heteroatoms. The first kappa shape index (κ1) is 24.8. The summed E-state index contributed by atoms with van der Waals surface area (Å²) in [6.07, 6.45) is 17.4. The predicted octanol–water partition coefficient (Wildman–Crippen LogP) is 0.327. The minimum absolute atomic E-state index is 0. The zero-order chi connectivity index (χ0) is 21.6. The molecule has 0 bridgehead atoms. The van der Waals surface area contributed by atoms with Gasteiger partial charge in [0.15, 0.2) is 0 Å². The Bertz CT molecular complexity index is 1360. The Morgan fingerprint density at radius 2 is 1.32 bits per heavy atom. The molecule has 0 aliphatic heterocycles. The van der Waals surface area contributed by atoms with Gasteiger partial charge in [-0.25, -0.2) is 0 Å². The van der Waals surface area contributed by atoms with Crippen molar-refractivity contribution in [2.45, 2.75) is 9.54 Å². The molecule has 6 rings (SSSR count). The fraction of sp³-hybridized carbons (Fsp3) is 0.0645. The number of allylic oxidation sites excluding steroid dienone is 9. The molecule has 0 saturated carbocycles. The van der Waals surface area contributed by atoms with Gasteiger partial charge in [-0.2, -0.15) is 0 Å². The van der Waals surface area contributed by atoms with E-state index in [9.17, 15) is 0 Å². The van der Waals surface area contributed by atoms with E-state index in [0.29, 0.717) is 0 Å². The third-order valence-electron chi connectivity index (χ3n) is 7.36. The van der Waals surface area contributed by atoms with Gasteiger partial charge >= 0.3 is 195 Å². The van der Waals surface area contributed by atoms with Gasteiger partial charge in [-0.15, -0.1) is 0 Å². The molecule has 3 aliphatic rings. The SMILES string of the molecule is [CH2]=[Zr+2]([c]1ccccc1)([c]1ccccc1)[C]1(C2=CC=CC2)C=CC=C2C1=Cc1ccccc12.[Cl-].[Cl-]. The van der Waals surface area contributed by atoms with Crippen LogP contribution in [0.1, 0.15) is 17.5 Å². The van der Waals surface area contributed by atoms with Crippen molar-refractivity contribution in [3.8, 4) is 0 Å². The predicted molar refractivity (Wildman–Crippen MR) is 135 cm³/mol. The summed E-state index contributed by atoms with van der Waals surface area (Å²) in [5, 5.41) is 0. The molecule has 0 radical (unpaired) electrons. The number of benzene rings is 3. The van der Waals surface area contributed by atoms with E-state index in [4.69, 9.17) is 4.21 Å². The summed E-state index contributed by atoms with van der Waals surface area (Å²) in [6.45, 7) is 0. The minimum atomic E-state index is -3.65. The van der Waals surface area contributed by atoms with Crippen LogP contribution in [0.4, 0.5) is 0 Å². The zero-order valence-electron chi connectivity index (χ0n) is 18.8. The van der Waals surface area contributed by atoms with Crippen LogP contribution in [0.5, 0.6) is 0 Å². The van der Waals surface area contributed by atoms with E-state index in [0.717, 1.165) is 6.42 Å². The normalized spacial score (nSPS) is 19.2. The molecule has 0 aromatic heterocycles. The molecule has 3 aromatic rings. The monoisotopic (exact) mass is 557 g/mol. The summed E-state index contributed by atoms with van der Waals surface area (Å²) < 4.78 is 7.97. The number of rotatable bonds is 4. The second-order valence-electron chi connectivity index (χ2n) is 8.85. The molecule has 0 spiro atoms. The van der Waals surface area contributed by atoms with Crippen LogP contribution in [0, 0.1) is 0 Å². The molecule has 0 saturated heterocycles. The van der Waals surface area contributed by atoms with Crippen molar-refractivity contribution in [2.75, 3.05) is 0 Å². The molecular formula is C31H25Cl2Zr. The van der Waals surface area contributed by atoms with Crippen LogP contribution >= 0.6 is 0 Å². The molecular weight excluding hydrogens is 534 g/mol. The van der Waals surface area contributed by atoms with E-state index >= 15 is 0 Å². The molecule has 0 nitrogen and oxygen atoms in total. The summed E-state index contributed by atoms with van der Waals surface area (Å²) in [5.74, 6) is 0. The van der Waals surface area contributed by atoms with Gasteiger partial charge in [0, 0.05) is 0 Å². The molecule has 3 aromatic carbocycles. The zero-order valence-corrected chi connectivity index (χ0v) is 22.8. The van der Waals surface area contributed by atoms with E-state index in [2.05, 4.69) is 127 Å². The van der Waals surface area contributed by atoms with E-state index in [1.165, 1.54) is 34.4 Å². The largest absolute Gasteiger partial charge is 1.00 e. The summed E-state index contributed by atoms with van der Waals surface area (Å²) in [4.78, 5) is 0. The van der Waals surface area contributed by atoms with Gasteiger partial charge in [-0.1, -0.05) is 0 Å². The van der Waals surface area contributed by atoms with Crippen molar-refractivity contribution >= 4 is 22.4 Å². The van der Waals surface area contributed by atoms with Gasteiger partial charge in [0.05, 0.1) is 0 Å². The molecule has 0 amide bonds. The quantitative estimate of drug-likeness (QED) is 0.433. The summed E-state index contributed by atoms with van der Waals surface area (Å²) in [7, 11) is 0. The maximum absolute atomic E-state index is 5.30. The minimum Gasteiger partial charge on any atom is -1.00 e. The summed E-state index contributed by atoms with van der Waals surface area (Å²) >= 11 is -3.65. The Morgan fingerprint density at radius 1 is 0.706 bits per heavy atom. The van der Waals surface area contributed by atoms with Crippen LogP contribution in [0.15, 0.2) is 133 Å². The molecule has 3 aliphatic carbocycles. The summed E-state index contributed by atoms with van der Waals surface area (Å²) in [6, 6.07) is 31.1. The molecule has 0 heterocycles. The second kappa shape index (κ2) is 9.75. The molecule has 167 valence electrons. The standard InChI is InChI=1S/C18H13.2C6H5.CH2.2ClH.Zr/c1-2-7-13(6-1)15-10-5-11-17-16-9-4-3-8-14(16)12-18(15)17;2*1-2-4-6-5-3-1;;;;/h1-6,8-12H,7H2;2*1-5H;1H2;2*1H;/q;;;;;;+2/p-2. The van der Waals surface area contributed by atoms with Crippen LogP contribution in [-0.4, -0.2) is 4.21 Å². The number of hydrogen-bond donors (Lipinski definition) is 0. The fourth-order valence-corrected chi connectivity index (χ4v) is 17.0. The van der Waals surface area contributed by atoms with Crippen molar-refractivity contribution in [1.29, 1.82) is 0 Å². The van der Waals surface area contributed by atoms with Crippen LogP contribution in [0.2, 0.25) is 3.12 Å². The van der Waals surface area contributed by atoms with Crippen molar-refractivity contribution in [1.82, 2.24) is 0 Å². The van der Waals surface area contributed by atoms with Crippen molar-refractivity contribution in [2.24, 2.45) is 0 Å². The maximum Gasteiger partial charge on any atom is -1.00 e. The van der Waals surface area contributed by atoms with Crippen LogP contribution < -0.4 is 31.4 Å². The van der Waals surface area contributed by atoms with Crippen molar-refractivity contribution in [3.05, 3.63) is 144 Å². The first-order valence-electron chi connectivity index (χ1n) is 11.3. The molecule has 1 atom stereocenters. The van der Waals surface area contributed by atoms with Gasteiger partial charge in [0.1, 0.15) is 0 Å². The van der Waals surface area contributed by atoms with Crippen molar-refractivity contribution in [3.63, 3.8) is 0 Å². The van der Waals surface area contributed by atoms with Gasteiger partial charge in [0.25, 0.3) is 0 Å². The smallest absolute Gasteiger partial charge is 1.00 e. The average molecular weight is 560 g/mol. The molecule has 0 N–H and O–H groups in total. The van der Waals surface area contributed by atoms with Gasteiger partial charge in [-0.3, -0.25) is 0 Å². The Balaban J connectivity index is 0.00000137. The average Bonchev–Trinajstić information content (AvgIpc) is 3.53. The number of fused-ring (bicyclic) bond motifs is 3. The van der Waals surface area contributed by atoms with Crippen LogP contribution in [0.25, 0.3) is 11.6 Å². The van der Waals surface area contributed by atoms with E-state index < -0.39 is 19.8 Å². The Morgan fingerprint density at radius 3 is 1.94 bits per heavy atom. The second-order valence-corrected chi connectivity index (χ2v) is 18.1. The van der Waals surface area contributed by atoms with Gasteiger partial charge in [0.2, 0.25) is 0 Å². The number of hydrogen-bond acceptors (Lipinski definition) is 0. The first-order chi connectivity index (χ1) is 15.7. The third-order valence-corrected chi connectivity index (χ3v) is 19.0. The van der Waals surface area contributed by atoms with Crippen LogP contribution in [-0.2, 0) is 19.8 Å². The van der Waals surface area contributed by atoms with E-state index in [1.54, 1.807) is 0 Å². The number of halogens is 2. The van der Waals surface area contributed by atoms with E-state index in [1.807, 2.05) is 0 Å².